The lowest BCUT2D eigenvalue weighted by Gasteiger charge is -2.06. The third-order valence-corrected chi connectivity index (χ3v) is 2.94. The zero-order valence-corrected chi connectivity index (χ0v) is 12.9. The van der Waals surface area contributed by atoms with Crippen molar-refractivity contribution in [2.24, 2.45) is 0 Å². The molecule has 1 aromatic carbocycles. The fourth-order valence-electron chi connectivity index (χ4n) is 1.82. The van der Waals surface area contributed by atoms with E-state index in [1.54, 1.807) is 31.2 Å². The van der Waals surface area contributed by atoms with Crippen LogP contribution in [-0.2, 0) is 19.6 Å². The molecule has 2 heterocycles. The molecule has 2 aromatic heterocycles. The molecule has 0 spiro atoms. The molecule has 0 fully saturated rings. The molecule has 0 N–H and O–H groups in total. The van der Waals surface area contributed by atoms with Crippen LogP contribution in [0, 0.1) is 6.92 Å². The first-order valence-corrected chi connectivity index (χ1v) is 7.19. The Morgan fingerprint density at radius 2 is 1.52 bits per heavy atom. The summed E-state index contributed by atoms with van der Waals surface area (Å²) in [5, 5.41) is 7.52. The van der Waals surface area contributed by atoms with Crippen molar-refractivity contribution in [3.8, 4) is 11.5 Å². The van der Waals surface area contributed by atoms with Crippen LogP contribution < -0.4 is 9.47 Å². The van der Waals surface area contributed by atoms with E-state index in [0.29, 0.717) is 41.4 Å². The van der Waals surface area contributed by atoms with E-state index in [0.717, 1.165) is 0 Å². The molecule has 0 saturated heterocycles. The Kier molecular flexibility index (Phi) is 4.51. The average molecular weight is 316 g/mol. The molecule has 0 aliphatic rings. The molecule has 0 amide bonds. The van der Waals surface area contributed by atoms with E-state index in [1.807, 2.05) is 6.92 Å². The van der Waals surface area contributed by atoms with Crippen molar-refractivity contribution >= 4 is 0 Å². The average Bonchev–Trinajstić information content (AvgIpc) is 3.20. The second kappa shape index (κ2) is 6.91. The Bertz CT molecular complexity index is 751. The van der Waals surface area contributed by atoms with Gasteiger partial charge < -0.3 is 18.5 Å². The lowest BCUT2D eigenvalue weighted by molar-refractivity contribution is 0.241. The number of hydrogen-bond donors (Lipinski definition) is 0. The second-order valence-electron chi connectivity index (χ2n) is 4.74. The van der Waals surface area contributed by atoms with Gasteiger partial charge >= 0.3 is 0 Å². The summed E-state index contributed by atoms with van der Waals surface area (Å²) >= 11 is 0. The van der Waals surface area contributed by atoms with Crippen LogP contribution in [0.1, 0.15) is 30.4 Å². The zero-order valence-electron chi connectivity index (χ0n) is 12.9. The molecule has 0 aliphatic carbocycles. The molecular formula is C15H16N4O4. The lowest BCUT2D eigenvalue weighted by Crippen LogP contribution is -1.98. The highest BCUT2D eigenvalue weighted by Crippen LogP contribution is 2.19. The Labute approximate surface area is 132 Å². The molecule has 120 valence electrons. The van der Waals surface area contributed by atoms with Crippen molar-refractivity contribution < 1.29 is 18.5 Å². The number of benzene rings is 1. The smallest absolute Gasteiger partial charge is 0.264 e. The van der Waals surface area contributed by atoms with Crippen LogP contribution >= 0.6 is 0 Å². The second-order valence-corrected chi connectivity index (χ2v) is 4.74. The minimum atomic E-state index is 0.226. The van der Waals surface area contributed by atoms with Crippen molar-refractivity contribution in [1.29, 1.82) is 0 Å². The molecule has 8 heteroatoms. The largest absolute Gasteiger partial charge is 0.485 e. The van der Waals surface area contributed by atoms with Gasteiger partial charge in [-0.1, -0.05) is 17.2 Å². The van der Waals surface area contributed by atoms with E-state index < -0.39 is 0 Å². The van der Waals surface area contributed by atoms with E-state index in [1.165, 1.54) is 0 Å². The molecule has 0 saturated carbocycles. The van der Waals surface area contributed by atoms with Crippen molar-refractivity contribution in [3.05, 3.63) is 47.7 Å². The first kappa shape index (κ1) is 15.0. The maximum Gasteiger partial charge on any atom is 0.264 e. The fraction of sp³-hybridized carbons (Fsp3) is 0.333. The first-order valence-electron chi connectivity index (χ1n) is 7.19. The van der Waals surface area contributed by atoms with Gasteiger partial charge in [0.25, 0.3) is 5.89 Å². The summed E-state index contributed by atoms with van der Waals surface area (Å²) in [5.74, 6) is 3.51. The van der Waals surface area contributed by atoms with E-state index in [2.05, 4.69) is 20.3 Å². The van der Waals surface area contributed by atoms with Crippen LogP contribution in [0.15, 0.2) is 33.3 Å². The summed E-state index contributed by atoms with van der Waals surface area (Å²) in [6, 6.07) is 7.20. The van der Waals surface area contributed by atoms with Gasteiger partial charge in [0.15, 0.2) is 19.0 Å². The van der Waals surface area contributed by atoms with Gasteiger partial charge in [0.05, 0.1) is 0 Å². The standard InChI is InChI=1S/C15H16N4O4/c1-3-14-17-13(19-22-14)8-20-11-4-6-12(7-5-11)21-9-15-16-10(2)18-23-15/h4-7H,3,8-9H2,1-2H3. The Morgan fingerprint density at radius 1 is 0.870 bits per heavy atom. The first-order chi connectivity index (χ1) is 11.2. The van der Waals surface area contributed by atoms with Crippen LogP contribution in [0.4, 0.5) is 0 Å². The maximum atomic E-state index is 5.59. The summed E-state index contributed by atoms with van der Waals surface area (Å²) in [6.07, 6.45) is 0.707. The molecule has 0 unspecified atom stereocenters. The van der Waals surface area contributed by atoms with Gasteiger partial charge in [0, 0.05) is 6.42 Å². The summed E-state index contributed by atoms with van der Waals surface area (Å²) in [6.45, 7) is 4.19. The van der Waals surface area contributed by atoms with Crippen LogP contribution in [0.5, 0.6) is 11.5 Å². The number of rotatable bonds is 7. The normalized spacial score (nSPS) is 10.7. The van der Waals surface area contributed by atoms with Crippen molar-refractivity contribution in [1.82, 2.24) is 20.3 Å². The molecular weight excluding hydrogens is 300 g/mol. The molecule has 3 aromatic rings. The predicted molar refractivity (Wildman–Crippen MR) is 77.8 cm³/mol. The summed E-state index contributed by atoms with van der Waals surface area (Å²) < 4.78 is 21.1. The summed E-state index contributed by atoms with van der Waals surface area (Å²) in [4.78, 5) is 8.24. The van der Waals surface area contributed by atoms with Gasteiger partial charge in [-0.2, -0.15) is 9.97 Å². The minimum absolute atomic E-state index is 0.226. The molecule has 0 aliphatic heterocycles. The molecule has 23 heavy (non-hydrogen) atoms. The highest BCUT2D eigenvalue weighted by molar-refractivity contribution is 5.31. The lowest BCUT2D eigenvalue weighted by atomic mass is 10.3. The van der Waals surface area contributed by atoms with Crippen LogP contribution in [0.3, 0.4) is 0 Å². The third kappa shape index (κ3) is 4.06. The van der Waals surface area contributed by atoms with Crippen molar-refractivity contribution in [2.75, 3.05) is 0 Å². The Hall–Kier alpha value is -2.90. The van der Waals surface area contributed by atoms with E-state index in [-0.39, 0.29) is 13.2 Å². The van der Waals surface area contributed by atoms with Crippen LogP contribution in [0.2, 0.25) is 0 Å². The van der Waals surface area contributed by atoms with E-state index in [4.69, 9.17) is 18.5 Å². The Morgan fingerprint density at radius 3 is 2.09 bits per heavy atom. The van der Waals surface area contributed by atoms with Crippen molar-refractivity contribution in [3.63, 3.8) is 0 Å². The van der Waals surface area contributed by atoms with E-state index >= 15 is 0 Å². The van der Waals surface area contributed by atoms with Gasteiger partial charge in [-0.25, -0.2) is 0 Å². The molecule has 0 radical (unpaired) electrons. The SMILES string of the molecule is CCc1nc(COc2ccc(OCc3nc(C)no3)cc2)no1. The summed E-state index contributed by atoms with van der Waals surface area (Å²) in [5.41, 5.74) is 0. The number of hydrogen-bond acceptors (Lipinski definition) is 8. The maximum absolute atomic E-state index is 5.59. The topological polar surface area (TPSA) is 96.3 Å². The molecule has 3 rings (SSSR count). The molecule has 0 atom stereocenters. The van der Waals surface area contributed by atoms with Crippen LogP contribution in [-0.4, -0.2) is 20.3 Å². The molecule has 0 bridgehead atoms. The molecule has 8 nitrogen and oxygen atoms in total. The van der Waals surface area contributed by atoms with E-state index in [9.17, 15) is 0 Å². The monoisotopic (exact) mass is 316 g/mol. The number of aryl methyl sites for hydroxylation is 2. The highest BCUT2D eigenvalue weighted by Gasteiger charge is 2.06. The van der Waals surface area contributed by atoms with Gasteiger partial charge in [-0.3, -0.25) is 0 Å². The number of ether oxygens (including phenoxy) is 2. The third-order valence-electron chi connectivity index (χ3n) is 2.94. The Balaban J connectivity index is 1.50. The number of nitrogens with zero attached hydrogens (tertiary/aromatic N) is 4. The van der Waals surface area contributed by atoms with Gasteiger partial charge in [-0.05, 0) is 31.2 Å². The minimum Gasteiger partial charge on any atom is -0.485 e. The van der Waals surface area contributed by atoms with Gasteiger partial charge in [0.1, 0.15) is 11.5 Å². The number of aromatic nitrogens is 4. The quantitative estimate of drug-likeness (QED) is 0.656. The zero-order chi connectivity index (χ0) is 16.1. The van der Waals surface area contributed by atoms with Gasteiger partial charge in [-0.15, -0.1) is 0 Å². The van der Waals surface area contributed by atoms with Gasteiger partial charge in [0.2, 0.25) is 11.7 Å². The fourth-order valence-corrected chi connectivity index (χ4v) is 1.82. The highest BCUT2D eigenvalue weighted by atomic mass is 16.5. The summed E-state index contributed by atoms with van der Waals surface area (Å²) in [7, 11) is 0. The van der Waals surface area contributed by atoms with Crippen molar-refractivity contribution in [2.45, 2.75) is 33.5 Å². The van der Waals surface area contributed by atoms with Crippen LogP contribution in [0.25, 0.3) is 0 Å². The predicted octanol–water partition coefficient (Wildman–Crippen LogP) is 2.48.